The first kappa shape index (κ1) is 11.9. The molecule has 1 aromatic heterocycles. The molecule has 76 valence electrons. The lowest BCUT2D eigenvalue weighted by Gasteiger charge is -2.05. The predicted molar refractivity (Wildman–Crippen MR) is 61.4 cm³/mol. The molecule has 1 rings (SSSR count). The van der Waals surface area contributed by atoms with E-state index in [0.717, 1.165) is 17.9 Å². The van der Waals surface area contributed by atoms with E-state index in [9.17, 15) is 0 Å². The second-order valence-corrected chi connectivity index (χ2v) is 2.56. The highest BCUT2D eigenvalue weighted by Crippen LogP contribution is 2.12. The third kappa shape index (κ3) is 3.45. The predicted octanol–water partition coefficient (Wildman–Crippen LogP) is 3.27. The number of hydrogen-bond acceptors (Lipinski definition) is 2. The van der Waals surface area contributed by atoms with Crippen molar-refractivity contribution in [2.45, 2.75) is 34.1 Å². The highest BCUT2D eigenvalue weighted by Gasteiger charge is 1.98. The monoisotopic (exact) mass is 182 g/mol. The first-order valence-corrected chi connectivity index (χ1v) is 4.92. The van der Waals surface area contributed by atoms with Gasteiger partial charge < -0.3 is 5.32 Å². The van der Waals surface area contributed by atoms with Crippen LogP contribution in [0.1, 0.15) is 33.5 Å². The van der Waals surface area contributed by atoms with Crippen molar-refractivity contribution in [2.75, 3.05) is 12.4 Å². The summed E-state index contributed by atoms with van der Waals surface area (Å²) in [5, 5.41) is 3.08. The average Bonchev–Trinajstić information content (AvgIpc) is 2.20. The average molecular weight is 182 g/mol. The van der Waals surface area contributed by atoms with Crippen LogP contribution in [0.3, 0.4) is 0 Å². The Balaban J connectivity index is 0. The minimum absolute atomic E-state index is 0. The van der Waals surface area contributed by atoms with E-state index < -0.39 is 0 Å². The highest BCUT2D eigenvalue weighted by molar-refractivity contribution is 5.44. The molecule has 2 nitrogen and oxygen atoms in total. The summed E-state index contributed by atoms with van der Waals surface area (Å²) in [4.78, 5) is 4.35. The van der Waals surface area contributed by atoms with Crippen molar-refractivity contribution in [2.24, 2.45) is 0 Å². The summed E-state index contributed by atoms with van der Waals surface area (Å²) >= 11 is 0. The van der Waals surface area contributed by atoms with Crippen molar-refractivity contribution >= 4 is 5.82 Å². The normalized spacial score (nSPS) is 8.69. The van der Waals surface area contributed by atoms with Crippen LogP contribution >= 0.6 is 0 Å². The maximum absolute atomic E-state index is 4.35. The number of rotatable bonds is 2. The van der Waals surface area contributed by atoms with Gasteiger partial charge in [-0.3, -0.25) is 0 Å². The molecule has 0 saturated heterocycles. The van der Waals surface area contributed by atoms with Crippen LogP contribution in [0.25, 0.3) is 0 Å². The Labute approximate surface area is 82.9 Å². The zero-order valence-electron chi connectivity index (χ0n) is 9.31. The first-order chi connectivity index (χ1) is 6.27. The van der Waals surface area contributed by atoms with Crippen LogP contribution < -0.4 is 5.32 Å². The number of hydrogen-bond donors (Lipinski definition) is 1. The molecule has 0 aliphatic heterocycles. The second kappa shape index (κ2) is 6.46. The summed E-state index contributed by atoms with van der Waals surface area (Å²) < 4.78 is 0. The quantitative estimate of drug-likeness (QED) is 0.759. The van der Waals surface area contributed by atoms with E-state index in [1.807, 2.05) is 33.9 Å². The summed E-state index contributed by atoms with van der Waals surface area (Å²) in [5.41, 5.74) is 2.34. The zero-order valence-corrected chi connectivity index (χ0v) is 9.31. The molecule has 0 spiro atoms. The van der Waals surface area contributed by atoms with Gasteiger partial charge in [0.1, 0.15) is 5.82 Å². The van der Waals surface area contributed by atoms with E-state index in [4.69, 9.17) is 0 Å². The van der Waals surface area contributed by atoms with E-state index >= 15 is 0 Å². The number of aryl methyl sites for hydroxylation is 2. The third-order valence-electron chi connectivity index (χ3n) is 1.74. The van der Waals surface area contributed by atoms with Gasteiger partial charge in [-0.05, 0) is 25.0 Å². The molecule has 0 radical (unpaired) electrons. The minimum Gasteiger partial charge on any atom is -0.373 e. The molecule has 0 aliphatic carbocycles. The minimum atomic E-state index is 0. The van der Waals surface area contributed by atoms with Crippen LogP contribution in [0, 0.1) is 6.92 Å². The molecule has 0 bridgehead atoms. The first-order valence-electron chi connectivity index (χ1n) is 4.92. The maximum atomic E-state index is 4.35. The number of anilines is 1. The lowest BCUT2D eigenvalue weighted by atomic mass is 10.2. The molecule has 0 fully saturated rings. The van der Waals surface area contributed by atoms with Crippen LogP contribution in [-0.4, -0.2) is 12.0 Å². The molecule has 0 saturated carbocycles. The largest absolute Gasteiger partial charge is 0.373 e. The van der Waals surface area contributed by atoms with Gasteiger partial charge in [0.15, 0.2) is 0 Å². The van der Waals surface area contributed by atoms with Gasteiger partial charge in [0.2, 0.25) is 0 Å². The SMILES string of the molecule is CC.CCc1ccc(C)nc1NC.[HH]. The van der Waals surface area contributed by atoms with E-state index in [-0.39, 0.29) is 1.43 Å². The summed E-state index contributed by atoms with van der Waals surface area (Å²) in [5.74, 6) is 1.01. The summed E-state index contributed by atoms with van der Waals surface area (Å²) in [6.45, 7) is 8.13. The lowest BCUT2D eigenvalue weighted by molar-refractivity contribution is 1.07. The van der Waals surface area contributed by atoms with Crippen molar-refractivity contribution in [3.8, 4) is 0 Å². The molecular weight excluding hydrogens is 160 g/mol. The Morgan fingerprint density at radius 3 is 2.46 bits per heavy atom. The van der Waals surface area contributed by atoms with E-state index in [0.29, 0.717) is 0 Å². The van der Waals surface area contributed by atoms with Crippen LogP contribution in [0.2, 0.25) is 0 Å². The van der Waals surface area contributed by atoms with Gasteiger partial charge in [-0.1, -0.05) is 26.8 Å². The van der Waals surface area contributed by atoms with Crippen LogP contribution in [-0.2, 0) is 6.42 Å². The molecule has 1 heterocycles. The fraction of sp³-hybridized carbons (Fsp3) is 0.545. The van der Waals surface area contributed by atoms with Gasteiger partial charge in [0, 0.05) is 14.2 Å². The fourth-order valence-corrected chi connectivity index (χ4v) is 1.09. The summed E-state index contributed by atoms with van der Waals surface area (Å²) in [6.07, 6.45) is 1.03. The molecule has 0 unspecified atom stereocenters. The molecule has 13 heavy (non-hydrogen) atoms. The third-order valence-corrected chi connectivity index (χ3v) is 1.74. The van der Waals surface area contributed by atoms with Crippen LogP contribution in [0.15, 0.2) is 12.1 Å². The van der Waals surface area contributed by atoms with Gasteiger partial charge in [-0.2, -0.15) is 0 Å². The van der Waals surface area contributed by atoms with Crippen molar-refractivity contribution in [1.29, 1.82) is 0 Å². The second-order valence-electron chi connectivity index (χ2n) is 2.56. The lowest BCUT2D eigenvalue weighted by Crippen LogP contribution is -1.98. The van der Waals surface area contributed by atoms with Crippen molar-refractivity contribution in [3.05, 3.63) is 23.4 Å². The smallest absolute Gasteiger partial charge is 0.129 e. The highest BCUT2D eigenvalue weighted by atomic mass is 15.0. The van der Waals surface area contributed by atoms with Crippen molar-refractivity contribution in [1.82, 2.24) is 4.98 Å². The van der Waals surface area contributed by atoms with Crippen LogP contribution in [0.4, 0.5) is 5.82 Å². The Morgan fingerprint density at radius 2 is 2.00 bits per heavy atom. The van der Waals surface area contributed by atoms with E-state index in [2.05, 4.69) is 23.3 Å². The molecule has 0 atom stereocenters. The van der Waals surface area contributed by atoms with Crippen molar-refractivity contribution < 1.29 is 1.43 Å². The molecular formula is C11H22N2. The summed E-state index contributed by atoms with van der Waals surface area (Å²) in [6, 6.07) is 4.16. The van der Waals surface area contributed by atoms with Gasteiger partial charge in [0.25, 0.3) is 0 Å². The molecule has 0 aromatic carbocycles. The van der Waals surface area contributed by atoms with Gasteiger partial charge >= 0.3 is 0 Å². The Hall–Kier alpha value is -1.05. The Morgan fingerprint density at radius 1 is 1.38 bits per heavy atom. The standard InChI is InChI=1S/C9H14N2.C2H6.H2/c1-4-8-6-5-7(2)11-9(8)10-3;1-2;/h5-6H,4H2,1-3H3,(H,10,11);1-2H3;1H. The molecule has 1 N–H and O–H groups in total. The maximum Gasteiger partial charge on any atom is 0.129 e. The molecule has 2 heteroatoms. The molecule has 0 aliphatic rings. The molecule has 0 amide bonds. The molecule has 1 aromatic rings. The van der Waals surface area contributed by atoms with Crippen molar-refractivity contribution in [3.63, 3.8) is 0 Å². The van der Waals surface area contributed by atoms with Gasteiger partial charge in [0.05, 0.1) is 0 Å². The Bertz CT molecular complexity index is 249. The van der Waals surface area contributed by atoms with Gasteiger partial charge in [-0.15, -0.1) is 0 Å². The van der Waals surface area contributed by atoms with E-state index in [1.165, 1.54) is 5.56 Å². The topological polar surface area (TPSA) is 24.9 Å². The van der Waals surface area contributed by atoms with E-state index in [1.54, 1.807) is 0 Å². The van der Waals surface area contributed by atoms with Gasteiger partial charge in [-0.25, -0.2) is 4.98 Å². The number of nitrogens with zero attached hydrogens (tertiary/aromatic N) is 1. The Kier molecular flexibility index (Phi) is 5.94. The number of nitrogens with one attached hydrogen (secondary N) is 1. The van der Waals surface area contributed by atoms with Crippen LogP contribution in [0.5, 0.6) is 0 Å². The zero-order chi connectivity index (χ0) is 10.3. The number of aromatic nitrogens is 1. The fourth-order valence-electron chi connectivity index (χ4n) is 1.09. The number of pyridine rings is 1. The summed E-state index contributed by atoms with van der Waals surface area (Å²) in [7, 11) is 1.90.